The molecule has 8 heteroatoms. The zero-order valence-corrected chi connectivity index (χ0v) is 14.7. The van der Waals surface area contributed by atoms with Gasteiger partial charge in [-0.05, 0) is 55.6 Å². The third kappa shape index (κ3) is 3.62. The van der Waals surface area contributed by atoms with Crippen molar-refractivity contribution in [3.63, 3.8) is 0 Å². The van der Waals surface area contributed by atoms with Crippen LogP contribution in [0.15, 0.2) is 24.4 Å². The van der Waals surface area contributed by atoms with E-state index in [9.17, 15) is 9.90 Å². The molecule has 3 heterocycles. The van der Waals surface area contributed by atoms with Crippen LogP contribution in [0.1, 0.15) is 40.5 Å². The van der Waals surface area contributed by atoms with Crippen molar-refractivity contribution in [1.82, 2.24) is 25.2 Å². The van der Waals surface area contributed by atoms with Gasteiger partial charge in [0.05, 0.1) is 12.2 Å². The minimum Gasteiger partial charge on any atom is -0.508 e. The molecular formula is C17H22ClN5O2. The van der Waals surface area contributed by atoms with Gasteiger partial charge in [-0.2, -0.15) is 0 Å². The average molecular weight is 364 g/mol. The van der Waals surface area contributed by atoms with E-state index in [0.717, 1.165) is 37.9 Å². The smallest absolute Gasteiger partial charge is 0.276 e. The highest BCUT2D eigenvalue weighted by atomic mass is 35.5. The first-order valence-electron chi connectivity index (χ1n) is 8.43. The highest BCUT2D eigenvalue weighted by Crippen LogP contribution is 2.24. The Hall–Kier alpha value is -2.12. The third-order valence-electron chi connectivity index (χ3n) is 4.90. The molecule has 2 aliphatic heterocycles. The minimum atomic E-state index is -0.0934. The van der Waals surface area contributed by atoms with Gasteiger partial charge in [-0.3, -0.25) is 4.79 Å². The minimum absolute atomic E-state index is 0. The maximum Gasteiger partial charge on any atom is 0.276 e. The fourth-order valence-corrected chi connectivity index (χ4v) is 3.50. The molecule has 2 aliphatic rings. The Morgan fingerprint density at radius 2 is 2.04 bits per heavy atom. The number of carbonyl (C=O) groups is 1. The van der Waals surface area contributed by atoms with Gasteiger partial charge >= 0.3 is 0 Å². The normalized spacial score (nSPS) is 17.7. The Bertz CT molecular complexity index is 757. The lowest BCUT2D eigenvalue weighted by atomic mass is 9.99. The summed E-state index contributed by atoms with van der Waals surface area (Å²) < 4.78 is 1.83. The fourth-order valence-electron chi connectivity index (χ4n) is 3.50. The van der Waals surface area contributed by atoms with Gasteiger partial charge in [-0.25, -0.2) is 4.68 Å². The summed E-state index contributed by atoms with van der Waals surface area (Å²) in [5, 5.41) is 21.2. The summed E-state index contributed by atoms with van der Waals surface area (Å²) in [7, 11) is 0. The standard InChI is InChI=1S/C17H21N5O2.ClH/c23-15-2-1-12-5-8-21(10-13(12)9-15)17(24)16-11-22(20-19-16)14-3-6-18-7-4-14;/h1-2,9,11,14,18,23H,3-8,10H2;1H. The van der Waals surface area contributed by atoms with E-state index in [1.54, 1.807) is 23.2 Å². The van der Waals surface area contributed by atoms with Gasteiger partial charge in [0.1, 0.15) is 5.75 Å². The van der Waals surface area contributed by atoms with Gasteiger partial charge < -0.3 is 15.3 Å². The van der Waals surface area contributed by atoms with Crippen LogP contribution in [0.4, 0.5) is 0 Å². The first kappa shape index (κ1) is 17.7. The number of hydrogen-bond acceptors (Lipinski definition) is 5. The Morgan fingerprint density at radius 1 is 1.24 bits per heavy atom. The van der Waals surface area contributed by atoms with Gasteiger partial charge in [0, 0.05) is 13.1 Å². The number of amides is 1. The van der Waals surface area contributed by atoms with Crippen LogP contribution in [0, 0.1) is 0 Å². The molecule has 25 heavy (non-hydrogen) atoms. The zero-order chi connectivity index (χ0) is 16.5. The summed E-state index contributed by atoms with van der Waals surface area (Å²) in [5.41, 5.74) is 2.59. The molecule has 0 radical (unpaired) electrons. The summed E-state index contributed by atoms with van der Waals surface area (Å²) >= 11 is 0. The van der Waals surface area contributed by atoms with Crippen LogP contribution in [0.25, 0.3) is 0 Å². The van der Waals surface area contributed by atoms with Gasteiger partial charge in [0.15, 0.2) is 5.69 Å². The molecule has 7 nitrogen and oxygen atoms in total. The largest absolute Gasteiger partial charge is 0.508 e. The number of aromatic nitrogens is 3. The number of fused-ring (bicyclic) bond motifs is 1. The van der Waals surface area contributed by atoms with Gasteiger partial charge in [-0.1, -0.05) is 11.3 Å². The summed E-state index contributed by atoms with van der Waals surface area (Å²) in [4.78, 5) is 14.5. The van der Waals surface area contributed by atoms with Crippen molar-refractivity contribution >= 4 is 18.3 Å². The molecule has 0 atom stereocenters. The van der Waals surface area contributed by atoms with Crippen molar-refractivity contribution in [3.05, 3.63) is 41.2 Å². The predicted molar refractivity (Wildman–Crippen MR) is 95.0 cm³/mol. The van der Waals surface area contributed by atoms with Crippen molar-refractivity contribution < 1.29 is 9.90 Å². The molecule has 0 saturated carbocycles. The van der Waals surface area contributed by atoms with Gasteiger partial charge in [0.2, 0.25) is 0 Å². The topological polar surface area (TPSA) is 83.3 Å². The number of hydrogen-bond donors (Lipinski definition) is 2. The molecule has 1 aromatic heterocycles. The maximum atomic E-state index is 12.7. The van der Waals surface area contributed by atoms with Crippen LogP contribution in [0.5, 0.6) is 5.75 Å². The molecule has 1 amide bonds. The Balaban J connectivity index is 0.00000182. The predicted octanol–water partition coefficient (Wildman–Crippen LogP) is 1.53. The maximum absolute atomic E-state index is 12.7. The number of nitrogens with one attached hydrogen (secondary N) is 1. The summed E-state index contributed by atoms with van der Waals surface area (Å²) in [6.07, 6.45) is 4.58. The summed E-state index contributed by atoms with van der Waals surface area (Å²) in [6.45, 7) is 3.11. The first-order valence-corrected chi connectivity index (χ1v) is 8.43. The molecule has 0 unspecified atom stereocenters. The Morgan fingerprint density at radius 3 is 2.84 bits per heavy atom. The number of benzene rings is 1. The monoisotopic (exact) mass is 363 g/mol. The van der Waals surface area contributed by atoms with Crippen molar-refractivity contribution in [2.75, 3.05) is 19.6 Å². The number of phenolic OH excluding ortho intramolecular Hbond substituents is 1. The number of piperidine rings is 1. The van der Waals surface area contributed by atoms with Crippen LogP contribution in [-0.2, 0) is 13.0 Å². The third-order valence-corrected chi connectivity index (χ3v) is 4.90. The molecule has 0 spiro atoms. The van der Waals surface area contributed by atoms with Crippen LogP contribution in [-0.4, -0.2) is 50.5 Å². The zero-order valence-electron chi connectivity index (χ0n) is 13.9. The SMILES string of the molecule is Cl.O=C(c1cn(C2CCNCC2)nn1)N1CCc2ccc(O)cc2C1. The fraction of sp³-hybridized carbons (Fsp3) is 0.471. The van der Waals surface area contributed by atoms with Crippen molar-refractivity contribution in [2.45, 2.75) is 31.8 Å². The lowest BCUT2D eigenvalue weighted by molar-refractivity contribution is 0.0728. The second-order valence-electron chi connectivity index (χ2n) is 6.49. The van der Waals surface area contributed by atoms with Crippen LogP contribution < -0.4 is 5.32 Å². The van der Waals surface area contributed by atoms with E-state index in [-0.39, 0.29) is 24.1 Å². The van der Waals surface area contributed by atoms with Crippen LogP contribution >= 0.6 is 12.4 Å². The van der Waals surface area contributed by atoms with E-state index in [1.165, 1.54) is 5.56 Å². The van der Waals surface area contributed by atoms with E-state index in [0.29, 0.717) is 24.8 Å². The second-order valence-corrected chi connectivity index (χ2v) is 6.49. The second kappa shape index (κ2) is 7.41. The van der Waals surface area contributed by atoms with E-state index >= 15 is 0 Å². The summed E-state index contributed by atoms with van der Waals surface area (Å²) in [5.74, 6) is 0.143. The van der Waals surface area contributed by atoms with E-state index in [2.05, 4.69) is 15.6 Å². The molecule has 4 rings (SSSR count). The number of nitrogens with zero attached hydrogens (tertiary/aromatic N) is 4. The number of rotatable bonds is 2. The molecule has 1 saturated heterocycles. The van der Waals surface area contributed by atoms with E-state index < -0.39 is 0 Å². The molecule has 134 valence electrons. The number of phenols is 1. The quantitative estimate of drug-likeness (QED) is 0.845. The van der Waals surface area contributed by atoms with Crippen LogP contribution in [0.3, 0.4) is 0 Å². The Labute approximate surface area is 152 Å². The summed E-state index contributed by atoms with van der Waals surface area (Å²) in [6, 6.07) is 5.68. The molecule has 1 aromatic carbocycles. The Kier molecular flexibility index (Phi) is 5.24. The van der Waals surface area contributed by atoms with Crippen molar-refractivity contribution in [1.29, 1.82) is 0 Å². The van der Waals surface area contributed by atoms with E-state index in [1.807, 2.05) is 10.7 Å². The molecule has 2 N–H and O–H groups in total. The van der Waals surface area contributed by atoms with Crippen molar-refractivity contribution in [3.8, 4) is 5.75 Å². The highest BCUT2D eigenvalue weighted by Gasteiger charge is 2.25. The molecule has 0 aliphatic carbocycles. The molecule has 2 aromatic rings. The molecular weight excluding hydrogens is 342 g/mol. The highest BCUT2D eigenvalue weighted by molar-refractivity contribution is 5.92. The molecule has 0 bridgehead atoms. The molecule has 1 fully saturated rings. The van der Waals surface area contributed by atoms with E-state index in [4.69, 9.17) is 0 Å². The average Bonchev–Trinajstić information content (AvgIpc) is 3.11. The van der Waals surface area contributed by atoms with Crippen molar-refractivity contribution in [2.24, 2.45) is 0 Å². The lowest BCUT2D eigenvalue weighted by Crippen LogP contribution is -2.36. The number of carbonyl (C=O) groups excluding carboxylic acids is 1. The lowest BCUT2D eigenvalue weighted by Gasteiger charge is -2.28. The van der Waals surface area contributed by atoms with Gasteiger partial charge in [0.25, 0.3) is 5.91 Å². The van der Waals surface area contributed by atoms with Crippen LogP contribution in [0.2, 0.25) is 0 Å². The number of aromatic hydroxyl groups is 1. The van der Waals surface area contributed by atoms with Gasteiger partial charge in [-0.15, -0.1) is 17.5 Å². The number of halogens is 1. The first-order chi connectivity index (χ1) is 11.7.